The molecule has 4 heteroatoms. The van der Waals surface area contributed by atoms with Crippen LogP contribution in [0.15, 0.2) is 0 Å². The lowest BCUT2D eigenvalue weighted by Crippen LogP contribution is -2.40. The van der Waals surface area contributed by atoms with Crippen molar-refractivity contribution >= 4 is 5.91 Å². The summed E-state index contributed by atoms with van der Waals surface area (Å²) in [6.07, 6.45) is 0.0490. The van der Waals surface area contributed by atoms with Gasteiger partial charge in [-0.2, -0.15) is 0 Å². The van der Waals surface area contributed by atoms with Crippen molar-refractivity contribution in [1.29, 1.82) is 0 Å². The van der Waals surface area contributed by atoms with Crippen LogP contribution in [0.2, 0.25) is 0 Å². The maximum atomic E-state index is 11.0. The van der Waals surface area contributed by atoms with E-state index >= 15 is 0 Å². The normalized spacial score (nSPS) is 11.8. The molecule has 0 aromatic heterocycles. The minimum Gasteiger partial charge on any atom is -0.389 e. The molecule has 78 valence electrons. The Balaban J connectivity index is 3.53. The third-order valence-electron chi connectivity index (χ3n) is 1.27. The van der Waals surface area contributed by atoms with Crippen molar-refractivity contribution in [2.45, 2.75) is 39.4 Å². The van der Waals surface area contributed by atoms with Gasteiger partial charge in [-0.25, -0.2) is 0 Å². The van der Waals surface area contributed by atoms with E-state index in [4.69, 9.17) is 4.74 Å². The molecule has 0 saturated carbocycles. The van der Waals surface area contributed by atoms with Gasteiger partial charge in [0.25, 0.3) is 0 Å². The molecule has 0 radical (unpaired) electrons. The molecule has 13 heavy (non-hydrogen) atoms. The molecule has 0 aliphatic carbocycles. The average molecular weight is 189 g/mol. The van der Waals surface area contributed by atoms with Gasteiger partial charge in [0.05, 0.1) is 11.7 Å². The topological polar surface area (TPSA) is 58.6 Å². The van der Waals surface area contributed by atoms with Crippen LogP contribution in [0.4, 0.5) is 0 Å². The van der Waals surface area contributed by atoms with Crippen molar-refractivity contribution in [1.82, 2.24) is 5.32 Å². The molecule has 0 rings (SSSR count). The highest BCUT2D eigenvalue weighted by molar-refractivity contribution is 5.77. The summed E-state index contributed by atoms with van der Waals surface area (Å²) < 4.78 is 5.08. The van der Waals surface area contributed by atoms with Crippen molar-refractivity contribution in [2.24, 2.45) is 0 Å². The second kappa shape index (κ2) is 5.19. The third kappa shape index (κ3) is 9.30. The molecule has 0 bridgehead atoms. The highest BCUT2D eigenvalue weighted by atomic mass is 16.5. The van der Waals surface area contributed by atoms with Gasteiger partial charge in [0.2, 0.25) is 5.91 Å². The van der Waals surface area contributed by atoms with Crippen LogP contribution in [0.1, 0.15) is 27.7 Å². The van der Waals surface area contributed by atoms with Gasteiger partial charge in [0.1, 0.15) is 6.61 Å². The van der Waals surface area contributed by atoms with Crippen LogP contribution in [-0.4, -0.2) is 35.9 Å². The molecule has 1 amide bonds. The number of carbonyl (C=O) groups excluding carboxylic acids is 1. The quantitative estimate of drug-likeness (QED) is 0.654. The first-order valence-corrected chi connectivity index (χ1v) is 4.42. The van der Waals surface area contributed by atoms with E-state index in [9.17, 15) is 9.90 Å². The number of ether oxygens (including phenoxy) is 1. The monoisotopic (exact) mass is 189 g/mol. The maximum absolute atomic E-state index is 11.0. The van der Waals surface area contributed by atoms with Gasteiger partial charge in [-0.1, -0.05) is 0 Å². The molecule has 0 fully saturated rings. The van der Waals surface area contributed by atoms with Crippen LogP contribution in [0.25, 0.3) is 0 Å². The van der Waals surface area contributed by atoms with Gasteiger partial charge in [-0.3, -0.25) is 4.79 Å². The van der Waals surface area contributed by atoms with Crippen LogP contribution in [0.5, 0.6) is 0 Å². The van der Waals surface area contributed by atoms with Crippen molar-refractivity contribution in [3.05, 3.63) is 0 Å². The lowest BCUT2D eigenvalue weighted by Gasteiger charge is -2.17. The van der Waals surface area contributed by atoms with Gasteiger partial charge < -0.3 is 15.2 Å². The molecule has 0 spiro atoms. The number of nitrogens with one attached hydrogen (secondary N) is 1. The molecule has 0 heterocycles. The summed E-state index contributed by atoms with van der Waals surface area (Å²) in [5.41, 5.74) is -0.868. The Morgan fingerprint density at radius 1 is 1.54 bits per heavy atom. The minimum absolute atomic E-state index is 0.0490. The molecule has 0 saturated heterocycles. The highest BCUT2D eigenvalue weighted by Gasteiger charge is 2.13. The predicted molar refractivity (Wildman–Crippen MR) is 50.4 cm³/mol. The largest absolute Gasteiger partial charge is 0.389 e. The fraction of sp³-hybridized carbons (Fsp3) is 0.889. The van der Waals surface area contributed by atoms with Crippen molar-refractivity contribution in [3.63, 3.8) is 0 Å². The van der Waals surface area contributed by atoms with E-state index in [0.29, 0.717) is 0 Å². The average Bonchev–Trinajstić information content (AvgIpc) is 1.95. The molecular weight excluding hydrogens is 170 g/mol. The van der Waals surface area contributed by atoms with Gasteiger partial charge in [-0.05, 0) is 27.7 Å². The molecule has 0 aromatic carbocycles. The molecule has 0 unspecified atom stereocenters. The molecule has 2 N–H and O–H groups in total. The standard InChI is InChI=1S/C9H19NO3/c1-7(2)13-5-8(11)10-6-9(3,4)12/h7,12H,5-6H2,1-4H3,(H,10,11). The molecule has 0 aromatic rings. The van der Waals surface area contributed by atoms with Crippen LogP contribution in [0.3, 0.4) is 0 Å². The fourth-order valence-corrected chi connectivity index (χ4v) is 0.608. The smallest absolute Gasteiger partial charge is 0.246 e. The van der Waals surface area contributed by atoms with Crippen molar-refractivity contribution in [2.75, 3.05) is 13.2 Å². The number of hydrogen-bond acceptors (Lipinski definition) is 3. The van der Waals surface area contributed by atoms with E-state index in [1.54, 1.807) is 13.8 Å². The summed E-state index contributed by atoms with van der Waals surface area (Å²) in [4.78, 5) is 11.0. The van der Waals surface area contributed by atoms with E-state index in [0.717, 1.165) is 0 Å². The molecule has 0 aliphatic heterocycles. The first-order chi connectivity index (χ1) is 5.81. The Morgan fingerprint density at radius 2 is 2.08 bits per heavy atom. The lowest BCUT2D eigenvalue weighted by atomic mass is 10.1. The van der Waals surface area contributed by atoms with Crippen molar-refractivity contribution < 1.29 is 14.6 Å². The first kappa shape index (κ1) is 12.4. The van der Waals surface area contributed by atoms with E-state index in [-0.39, 0.29) is 25.2 Å². The van der Waals surface area contributed by atoms with E-state index in [1.807, 2.05) is 13.8 Å². The van der Waals surface area contributed by atoms with Crippen LogP contribution in [0, 0.1) is 0 Å². The molecule has 0 aliphatic rings. The SMILES string of the molecule is CC(C)OCC(=O)NCC(C)(C)O. The zero-order chi connectivity index (χ0) is 10.5. The summed E-state index contributed by atoms with van der Waals surface area (Å²) in [6, 6.07) is 0. The number of amides is 1. The third-order valence-corrected chi connectivity index (χ3v) is 1.27. The Morgan fingerprint density at radius 3 is 2.46 bits per heavy atom. The summed E-state index contributed by atoms with van der Waals surface area (Å²) in [5, 5.41) is 11.9. The van der Waals surface area contributed by atoms with E-state index < -0.39 is 5.60 Å². The van der Waals surface area contributed by atoms with Crippen LogP contribution < -0.4 is 5.32 Å². The number of rotatable bonds is 5. The van der Waals surface area contributed by atoms with Gasteiger partial charge >= 0.3 is 0 Å². The van der Waals surface area contributed by atoms with E-state index in [1.165, 1.54) is 0 Å². The Labute approximate surface area is 79.3 Å². The number of aliphatic hydroxyl groups is 1. The first-order valence-electron chi connectivity index (χ1n) is 4.42. The fourth-order valence-electron chi connectivity index (χ4n) is 0.608. The predicted octanol–water partition coefficient (Wildman–Crippen LogP) is 0.299. The Bertz CT molecular complexity index is 161. The van der Waals surface area contributed by atoms with Crippen LogP contribution in [-0.2, 0) is 9.53 Å². The Hall–Kier alpha value is -0.610. The van der Waals surface area contributed by atoms with Gasteiger partial charge in [0, 0.05) is 6.54 Å². The van der Waals surface area contributed by atoms with Crippen molar-refractivity contribution in [3.8, 4) is 0 Å². The minimum atomic E-state index is -0.868. The summed E-state index contributed by atoms with van der Waals surface area (Å²) in [6.45, 7) is 7.29. The summed E-state index contributed by atoms with van der Waals surface area (Å²) in [5.74, 6) is -0.198. The molecule has 0 atom stereocenters. The summed E-state index contributed by atoms with van der Waals surface area (Å²) in [7, 11) is 0. The molecular formula is C9H19NO3. The summed E-state index contributed by atoms with van der Waals surface area (Å²) >= 11 is 0. The van der Waals surface area contributed by atoms with E-state index in [2.05, 4.69) is 5.32 Å². The van der Waals surface area contributed by atoms with Gasteiger partial charge in [0.15, 0.2) is 0 Å². The van der Waals surface area contributed by atoms with Gasteiger partial charge in [-0.15, -0.1) is 0 Å². The number of hydrogen-bond donors (Lipinski definition) is 2. The maximum Gasteiger partial charge on any atom is 0.246 e. The van der Waals surface area contributed by atoms with Crippen LogP contribution >= 0.6 is 0 Å². The number of carbonyl (C=O) groups is 1. The second-order valence-electron chi connectivity index (χ2n) is 3.95. The second-order valence-corrected chi connectivity index (χ2v) is 3.95. The zero-order valence-electron chi connectivity index (χ0n) is 8.76. The molecule has 4 nitrogen and oxygen atoms in total. The lowest BCUT2D eigenvalue weighted by molar-refractivity contribution is -0.128. The highest BCUT2D eigenvalue weighted by Crippen LogP contribution is 1.97. The Kier molecular flexibility index (Phi) is 4.95. The zero-order valence-corrected chi connectivity index (χ0v) is 8.76.